The van der Waals surface area contributed by atoms with Crippen LogP contribution in [0.2, 0.25) is 0 Å². The van der Waals surface area contributed by atoms with Gasteiger partial charge >= 0.3 is 6.01 Å². The molecular formula is C9H11N3O4. The Balaban J connectivity index is 1.99. The molecule has 0 saturated carbocycles. The van der Waals surface area contributed by atoms with Crippen LogP contribution in [0.15, 0.2) is 12.3 Å². The number of nitrogens with one attached hydrogen (secondary N) is 1. The zero-order chi connectivity index (χ0) is 11.3. The van der Waals surface area contributed by atoms with E-state index < -0.39 is 24.5 Å². The molecule has 0 bridgehead atoms. The Hall–Kier alpha value is -1.44. The van der Waals surface area contributed by atoms with Crippen LogP contribution in [0.4, 0.5) is 0 Å². The van der Waals surface area contributed by atoms with E-state index in [-0.39, 0.29) is 18.1 Å². The van der Waals surface area contributed by atoms with Gasteiger partial charge in [-0.1, -0.05) is 0 Å². The predicted octanol–water partition coefficient (Wildman–Crippen LogP) is -1.63. The van der Waals surface area contributed by atoms with Gasteiger partial charge in [0.05, 0.1) is 6.61 Å². The summed E-state index contributed by atoms with van der Waals surface area (Å²) in [5, 5.41) is 26.1. The molecule has 0 aliphatic carbocycles. The number of ether oxygens (including phenoxy) is 2. The average molecular weight is 225 g/mol. The molecule has 7 heteroatoms. The minimum Gasteiger partial charge on any atom is -0.454 e. The zero-order valence-corrected chi connectivity index (χ0v) is 8.28. The Morgan fingerprint density at radius 3 is 3.12 bits per heavy atom. The van der Waals surface area contributed by atoms with Crippen molar-refractivity contribution in [3.05, 3.63) is 17.8 Å². The van der Waals surface area contributed by atoms with Crippen LogP contribution in [0.25, 0.3) is 0 Å². The molecule has 1 aromatic rings. The molecule has 4 atom stereocenters. The van der Waals surface area contributed by atoms with E-state index in [4.69, 9.17) is 20.0 Å². The van der Waals surface area contributed by atoms with Crippen LogP contribution in [-0.4, -0.2) is 44.7 Å². The minimum atomic E-state index is -0.883. The van der Waals surface area contributed by atoms with Crippen molar-refractivity contribution in [2.75, 3.05) is 6.61 Å². The minimum absolute atomic E-state index is 0.0967. The zero-order valence-electron chi connectivity index (χ0n) is 8.28. The van der Waals surface area contributed by atoms with Crippen LogP contribution >= 0.6 is 0 Å². The van der Waals surface area contributed by atoms with Crippen molar-refractivity contribution in [3.63, 3.8) is 0 Å². The highest BCUT2D eigenvalue weighted by molar-refractivity contribution is 5.10. The molecule has 0 spiro atoms. The van der Waals surface area contributed by atoms with Gasteiger partial charge in [0.25, 0.3) is 0 Å². The quantitative estimate of drug-likeness (QED) is 0.533. The van der Waals surface area contributed by atoms with Gasteiger partial charge in [0.15, 0.2) is 17.8 Å². The fourth-order valence-corrected chi connectivity index (χ4v) is 2.04. The van der Waals surface area contributed by atoms with Crippen molar-refractivity contribution in [3.8, 4) is 6.01 Å². The maximum absolute atomic E-state index is 9.80. The van der Waals surface area contributed by atoms with E-state index in [2.05, 4.69) is 4.98 Å². The topological polar surface area (TPSA) is 101 Å². The first-order valence-corrected chi connectivity index (χ1v) is 4.95. The molecule has 3 N–H and O–H groups in total. The first-order valence-electron chi connectivity index (χ1n) is 4.95. The van der Waals surface area contributed by atoms with Crippen molar-refractivity contribution in [2.45, 2.75) is 24.5 Å². The SMILES string of the molecule is N=c1ccn2c(n1)O[C@H]1C2O[C@H](CO)[C@H]1O. The van der Waals surface area contributed by atoms with Crippen molar-refractivity contribution < 1.29 is 19.7 Å². The molecule has 7 nitrogen and oxygen atoms in total. The van der Waals surface area contributed by atoms with E-state index in [1.165, 1.54) is 6.07 Å². The van der Waals surface area contributed by atoms with Gasteiger partial charge in [-0.3, -0.25) is 9.98 Å². The van der Waals surface area contributed by atoms with Crippen LogP contribution in [0, 0.1) is 5.41 Å². The van der Waals surface area contributed by atoms with Gasteiger partial charge in [0, 0.05) is 6.20 Å². The van der Waals surface area contributed by atoms with Crippen molar-refractivity contribution in [2.24, 2.45) is 0 Å². The highest BCUT2D eigenvalue weighted by Gasteiger charge is 2.50. The lowest BCUT2D eigenvalue weighted by Gasteiger charge is -2.14. The lowest BCUT2D eigenvalue weighted by Crippen LogP contribution is -2.34. The van der Waals surface area contributed by atoms with Gasteiger partial charge < -0.3 is 19.7 Å². The maximum atomic E-state index is 9.80. The van der Waals surface area contributed by atoms with Gasteiger partial charge in [-0.15, -0.1) is 0 Å². The highest BCUT2D eigenvalue weighted by Crippen LogP contribution is 2.38. The van der Waals surface area contributed by atoms with Gasteiger partial charge in [0.2, 0.25) is 0 Å². The summed E-state index contributed by atoms with van der Waals surface area (Å²) in [6.45, 7) is -0.253. The second-order valence-corrected chi connectivity index (χ2v) is 3.82. The molecule has 1 unspecified atom stereocenters. The Kier molecular flexibility index (Phi) is 2.00. The predicted molar refractivity (Wildman–Crippen MR) is 49.5 cm³/mol. The van der Waals surface area contributed by atoms with E-state index in [1.54, 1.807) is 10.8 Å². The van der Waals surface area contributed by atoms with Gasteiger partial charge in [-0.2, -0.15) is 4.98 Å². The molecule has 2 aliphatic heterocycles. The molecule has 0 radical (unpaired) electrons. The van der Waals surface area contributed by atoms with Crippen molar-refractivity contribution in [1.29, 1.82) is 5.41 Å². The summed E-state index contributed by atoms with van der Waals surface area (Å²) >= 11 is 0. The number of rotatable bonds is 1. The Bertz CT molecular complexity index is 474. The fraction of sp³-hybridized carbons (Fsp3) is 0.556. The maximum Gasteiger partial charge on any atom is 0.301 e. The van der Waals surface area contributed by atoms with Crippen LogP contribution in [0.5, 0.6) is 6.01 Å². The van der Waals surface area contributed by atoms with Crippen LogP contribution in [0.1, 0.15) is 6.23 Å². The second kappa shape index (κ2) is 3.27. The standard InChI is InChI=1S/C9H11N3O4/c10-5-1-2-12-8-7(16-9(12)11-5)6(14)4(3-13)15-8/h1-2,4,6-8,10,13-14H,3H2/t4-,6-,7-,8?/m1/s1. The number of nitrogens with zero attached hydrogens (tertiary/aromatic N) is 2. The molecule has 1 saturated heterocycles. The number of hydrogen-bond acceptors (Lipinski definition) is 6. The van der Waals surface area contributed by atoms with Gasteiger partial charge in [-0.05, 0) is 6.07 Å². The molecule has 3 rings (SSSR count). The van der Waals surface area contributed by atoms with Gasteiger partial charge in [-0.25, -0.2) is 0 Å². The molecule has 1 fully saturated rings. The lowest BCUT2D eigenvalue weighted by atomic mass is 10.1. The summed E-state index contributed by atoms with van der Waals surface area (Å²) in [5.41, 5.74) is 0.0967. The Labute approximate surface area is 90.4 Å². The smallest absolute Gasteiger partial charge is 0.301 e. The molecule has 16 heavy (non-hydrogen) atoms. The molecule has 3 heterocycles. The van der Waals surface area contributed by atoms with E-state index in [1.807, 2.05) is 0 Å². The summed E-state index contributed by atoms with van der Waals surface area (Å²) < 4.78 is 12.5. The summed E-state index contributed by atoms with van der Waals surface area (Å²) in [5.74, 6) is 0. The normalized spacial score (nSPS) is 35.6. The average Bonchev–Trinajstić information content (AvgIpc) is 2.75. The third kappa shape index (κ3) is 1.19. The highest BCUT2D eigenvalue weighted by atomic mass is 16.6. The first-order chi connectivity index (χ1) is 7.70. The molecule has 0 amide bonds. The Morgan fingerprint density at radius 1 is 1.56 bits per heavy atom. The van der Waals surface area contributed by atoms with E-state index in [9.17, 15) is 5.11 Å². The van der Waals surface area contributed by atoms with E-state index in [0.717, 1.165) is 0 Å². The number of fused-ring (bicyclic) bond motifs is 3. The first kappa shape index (κ1) is 9.76. The molecular weight excluding hydrogens is 214 g/mol. The van der Waals surface area contributed by atoms with E-state index in [0.29, 0.717) is 0 Å². The van der Waals surface area contributed by atoms with Crippen LogP contribution in [0.3, 0.4) is 0 Å². The largest absolute Gasteiger partial charge is 0.454 e. The third-order valence-electron chi connectivity index (χ3n) is 2.84. The Morgan fingerprint density at radius 2 is 2.38 bits per heavy atom. The number of hydrogen-bond donors (Lipinski definition) is 3. The number of aliphatic hydroxyl groups excluding tert-OH is 2. The summed E-state index contributed by atoms with van der Waals surface area (Å²) in [6, 6.07) is 1.77. The summed E-state index contributed by atoms with van der Waals surface area (Å²) in [4.78, 5) is 3.88. The molecule has 0 aromatic carbocycles. The van der Waals surface area contributed by atoms with Crippen molar-refractivity contribution in [1.82, 2.24) is 9.55 Å². The van der Waals surface area contributed by atoms with Crippen molar-refractivity contribution >= 4 is 0 Å². The second-order valence-electron chi connectivity index (χ2n) is 3.82. The van der Waals surface area contributed by atoms with Crippen LogP contribution < -0.4 is 10.2 Å². The number of aliphatic hydroxyl groups is 2. The molecule has 2 aliphatic rings. The fourth-order valence-electron chi connectivity index (χ4n) is 2.04. The number of aromatic nitrogens is 2. The van der Waals surface area contributed by atoms with E-state index >= 15 is 0 Å². The lowest BCUT2D eigenvalue weighted by molar-refractivity contribution is -0.0434. The third-order valence-corrected chi connectivity index (χ3v) is 2.84. The summed E-state index contributed by atoms with van der Waals surface area (Å²) in [6.07, 6.45) is -0.930. The molecule has 86 valence electrons. The monoisotopic (exact) mass is 225 g/mol. The summed E-state index contributed by atoms with van der Waals surface area (Å²) in [7, 11) is 0. The van der Waals surface area contributed by atoms with Crippen LogP contribution in [-0.2, 0) is 4.74 Å². The molecule has 1 aromatic heterocycles. The van der Waals surface area contributed by atoms with Gasteiger partial charge in [0.1, 0.15) is 12.2 Å².